The number of sulfonamides is 1. The molecule has 1 aliphatic rings. The zero-order chi connectivity index (χ0) is 20.6. The van der Waals surface area contributed by atoms with Crippen LogP contribution in [0.25, 0.3) is 0 Å². The minimum absolute atomic E-state index is 0.165. The number of nitrogens with zero attached hydrogens (tertiary/aromatic N) is 2. The van der Waals surface area contributed by atoms with Crippen LogP contribution in [0.2, 0.25) is 0 Å². The van der Waals surface area contributed by atoms with Crippen molar-refractivity contribution in [3.05, 3.63) is 30.1 Å². The highest BCUT2D eigenvalue weighted by atomic mass is 32.2. The molecule has 2 N–H and O–H groups in total. The Morgan fingerprint density at radius 2 is 2.11 bits per heavy atom. The molecule has 0 aliphatic carbocycles. The van der Waals surface area contributed by atoms with Crippen LogP contribution in [0.15, 0.2) is 29.3 Å². The molecule has 0 radical (unpaired) electrons. The van der Waals surface area contributed by atoms with Gasteiger partial charge in [-0.2, -0.15) is 0 Å². The Morgan fingerprint density at radius 3 is 2.71 bits per heavy atom. The van der Waals surface area contributed by atoms with Crippen LogP contribution in [0.4, 0.5) is 4.39 Å². The summed E-state index contributed by atoms with van der Waals surface area (Å²) >= 11 is 0. The number of halogens is 1. The molecule has 2 rings (SSSR count). The lowest BCUT2D eigenvalue weighted by Gasteiger charge is -2.32. The molecule has 9 heteroatoms. The first kappa shape index (κ1) is 22.4. The van der Waals surface area contributed by atoms with Crippen molar-refractivity contribution in [2.24, 2.45) is 4.99 Å². The van der Waals surface area contributed by atoms with Crippen molar-refractivity contribution in [3.8, 4) is 5.75 Å². The molecule has 0 spiro atoms. The fraction of sp³-hybridized carbons (Fsp3) is 0.632. The van der Waals surface area contributed by atoms with E-state index in [0.29, 0.717) is 37.8 Å². The van der Waals surface area contributed by atoms with Gasteiger partial charge in [-0.05, 0) is 38.3 Å². The summed E-state index contributed by atoms with van der Waals surface area (Å²) in [5.41, 5.74) is 0. The summed E-state index contributed by atoms with van der Waals surface area (Å²) in [7, 11) is -1.44. The lowest BCUT2D eigenvalue weighted by Crippen LogP contribution is -2.51. The Labute approximate surface area is 167 Å². The standard InChI is InChI=1S/C19H31FN4O3S/c1-4-12-28(25,26)24-10-8-17(9-11-24)23-19(21-3)22-14-15(2)27-18-7-5-6-16(20)13-18/h5-7,13,15,17H,4,8-12,14H2,1-3H3,(H2,21,22,23). The molecule has 1 fully saturated rings. The van der Waals surface area contributed by atoms with E-state index in [1.165, 1.54) is 12.1 Å². The summed E-state index contributed by atoms with van der Waals surface area (Å²) < 4.78 is 44.8. The highest BCUT2D eigenvalue weighted by Gasteiger charge is 2.27. The summed E-state index contributed by atoms with van der Waals surface area (Å²) in [4.78, 5) is 4.22. The molecule has 7 nitrogen and oxygen atoms in total. The van der Waals surface area contributed by atoms with Crippen molar-refractivity contribution in [1.82, 2.24) is 14.9 Å². The Balaban J connectivity index is 1.76. The Bertz CT molecular complexity index is 749. The van der Waals surface area contributed by atoms with Gasteiger partial charge in [0.05, 0.1) is 12.3 Å². The van der Waals surface area contributed by atoms with E-state index < -0.39 is 10.0 Å². The number of nitrogens with one attached hydrogen (secondary N) is 2. The number of benzene rings is 1. The molecule has 1 aromatic rings. The van der Waals surface area contributed by atoms with Gasteiger partial charge in [-0.15, -0.1) is 0 Å². The smallest absolute Gasteiger partial charge is 0.214 e. The van der Waals surface area contributed by atoms with Gasteiger partial charge in [0.1, 0.15) is 17.7 Å². The lowest BCUT2D eigenvalue weighted by atomic mass is 10.1. The summed E-state index contributed by atoms with van der Waals surface area (Å²) in [5.74, 6) is 1.00. The van der Waals surface area contributed by atoms with Gasteiger partial charge in [0.2, 0.25) is 10.0 Å². The Kier molecular flexibility index (Phi) is 8.50. The van der Waals surface area contributed by atoms with Crippen LogP contribution in [0, 0.1) is 5.82 Å². The third kappa shape index (κ3) is 6.94. The van der Waals surface area contributed by atoms with E-state index in [1.54, 1.807) is 23.5 Å². The molecule has 1 unspecified atom stereocenters. The van der Waals surface area contributed by atoms with E-state index in [1.807, 2.05) is 13.8 Å². The van der Waals surface area contributed by atoms with Gasteiger partial charge in [-0.3, -0.25) is 4.99 Å². The number of ether oxygens (including phenoxy) is 1. The third-order valence-corrected chi connectivity index (χ3v) is 6.64. The maximum absolute atomic E-state index is 13.2. The van der Waals surface area contributed by atoms with Crippen molar-refractivity contribution in [3.63, 3.8) is 0 Å². The van der Waals surface area contributed by atoms with Crippen LogP contribution in [0.5, 0.6) is 5.75 Å². The van der Waals surface area contributed by atoms with Crippen LogP contribution in [0.1, 0.15) is 33.1 Å². The molecular weight excluding hydrogens is 383 g/mol. The van der Waals surface area contributed by atoms with Gasteiger partial charge in [-0.1, -0.05) is 13.0 Å². The van der Waals surface area contributed by atoms with Gasteiger partial charge in [0.15, 0.2) is 5.96 Å². The number of hydrogen-bond donors (Lipinski definition) is 2. The fourth-order valence-electron chi connectivity index (χ4n) is 3.11. The van der Waals surface area contributed by atoms with Crippen LogP contribution in [-0.4, -0.2) is 63.3 Å². The second kappa shape index (κ2) is 10.6. The van der Waals surface area contributed by atoms with Crippen molar-refractivity contribution in [2.75, 3.05) is 32.4 Å². The van der Waals surface area contributed by atoms with Gasteiger partial charge < -0.3 is 15.4 Å². The molecule has 0 bridgehead atoms. The zero-order valence-electron chi connectivity index (χ0n) is 16.8. The average molecular weight is 415 g/mol. The molecule has 1 aromatic carbocycles. The van der Waals surface area contributed by atoms with Crippen molar-refractivity contribution >= 4 is 16.0 Å². The summed E-state index contributed by atoms with van der Waals surface area (Å²) in [6, 6.07) is 6.22. The molecule has 28 heavy (non-hydrogen) atoms. The number of aliphatic imine (C=N–C) groups is 1. The monoisotopic (exact) mass is 414 g/mol. The molecule has 158 valence electrons. The first-order valence-electron chi connectivity index (χ1n) is 9.71. The quantitative estimate of drug-likeness (QED) is 0.502. The summed E-state index contributed by atoms with van der Waals surface area (Å²) in [6.07, 6.45) is 1.92. The van der Waals surface area contributed by atoms with Crippen LogP contribution < -0.4 is 15.4 Å². The van der Waals surface area contributed by atoms with Crippen LogP contribution in [0.3, 0.4) is 0 Å². The molecular formula is C19H31FN4O3S. The predicted octanol–water partition coefficient (Wildman–Crippen LogP) is 1.96. The van der Waals surface area contributed by atoms with E-state index in [0.717, 1.165) is 12.8 Å². The SMILES string of the molecule is CCCS(=O)(=O)N1CCC(NC(=NC)NCC(C)Oc2cccc(F)c2)CC1. The third-order valence-electron chi connectivity index (χ3n) is 4.56. The van der Waals surface area contributed by atoms with Crippen LogP contribution in [-0.2, 0) is 10.0 Å². The summed E-state index contributed by atoms with van der Waals surface area (Å²) in [5, 5.41) is 6.54. The van der Waals surface area contributed by atoms with Gasteiger partial charge in [-0.25, -0.2) is 17.1 Å². The number of guanidine groups is 1. The van der Waals surface area contributed by atoms with Gasteiger partial charge in [0, 0.05) is 32.2 Å². The Morgan fingerprint density at radius 1 is 1.39 bits per heavy atom. The molecule has 1 aliphatic heterocycles. The molecule has 0 amide bonds. The first-order valence-corrected chi connectivity index (χ1v) is 11.3. The van der Waals surface area contributed by atoms with E-state index in [2.05, 4.69) is 15.6 Å². The second-order valence-corrected chi connectivity index (χ2v) is 9.06. The maximum atomic E-state index is 13.2. The maximum Gasteiger partial charge on any atom is 0.214 e. The largest absolute Gasteiger partial charge is 0.489 e. The zero-order valence-corrected chi connectivity index (χ0v) is 17.6. The number of hydrogen-bond acceptors (Lipinski definition) is 4. The number of piperidine rings is 1. The normalized spacial score (nSPS) is 17.9. The van der Waals surface area contributed by atoms with Crippen molar-refractivity contribution in [1.29, 1.82) is 0 Å². The highest BCUT2D eigenvalue weighted by molar-refractivity contribution is 7.89. The fourth-order valence-corrected chi connectivity index (χ4v) is 4.65. The van der Waals surface area contributed by atoms with Gasteiger partial charge in [0.25, 0.3) is 0 Å². The van der Waals surface area contributed by atoms with E-state index >= 15 is 0 Å². The minimum atomic E-state index is -3.13. The van der Waals surface area contributed by atoms with E-state index in [9.17, 15) is 12.8 Å². The number of rotatable bonds is 8. The molecule has 0 aromatic heterocycles. The minimum Gasteiger partial charge on any atom is -0.489 e. The topological polar surface area (TPSA) is 83.0 Å². The van der Waals surface area contributed by atoms with Crippen LogP contribution >= 0.6 is 0 Å². The highest BCUT2D eigenvalue weighted by Crippen LogP contribution is 2.15. The predicted molar refractivity (Wildman–Crippen MR) is 110 cm³/mol. The second-order valence-electron chi connectivity index (χ2n) is 6.97. The van der Waals surface area contributed by atoms with Crippen molar-refractivity contribution in [2.45, 2.75) is 45.3 Å². The average Bonchev–Trinajstić information content (AvgIpc) is 2.65. The van der Waals surface area contributed by atoms with E-state index in [-0.39, 0.29) is 23.7 Å². The first-order chi connectivity index (χ1) is 13.3. The Hall–Kier alpha value is -1.87. The molecule has 0 saturated carbocycles. The molecule has 1 saturated heterocycles. The van der Waals surface area contributed by atoms with Gasteiger partial charge >= 0.3 is 0 Å². The van der Waals surface area contributed by atoms with E-state index in [4.69, 9.17) is 4.74 Å². The van der Waals surface area contributed by atoms with Crippen molar-refractivity contribution < 1.29 is 17.5 Å². The molecule has 1 heterocycles. The summed E-state index contributed by atoms with van der Waals surface area (Å²) in [6.45, 7) is 5.31. The molecule has 1 atom stereocenters. The lowest BCUT2D eigenvalue weighted by molar-refractivity contribution is 0.222.